The number of fused-ring (bicyclic) bond motifs is 2. The Labute approximate surface area is 175 Å². The molecular formula is C24H25N3O3. The largest absolute Gasteiger partial charge is 0.484 e. The first kappa shape index (κ1) is 19.9. The molecule has 0 fully saturated rings. The van der Waals surface area contributed by atoms with Crippen molar-refractivity contribution in [3.8, 4) is 5.75 Å². The summed E-state index contributed by atoms with van der Waals surface area (Å²) in [5.41, 5.74) is 1.83. The van der Waals surface area contributed by atoms with Gasteiger partial charge in [0.1, 0.15) is 5.75 Å². The van der Waals surface area contributed by atoms with Gasteiger partial charge in [0.2, 0.25) is 5.95 Å². The highest BCUT2D eigenvalue weighted by atomic mass is 16.5. The molecule has 6 heteroatoms. The molecule has 6 nitrogen and oxygen atoms in total. The van der Waals surface area contributed by atoms with Gasteiger partial charge in [0.25, 0.3) is 5.91 Å². The molecular weight excluding hydrogens is 378 g/mol. The number of hydrogen-bond donors (Lipinski definition) is 1. The van der Waals surface area contributed by atoms with Crippen LogP contribution < -0.4 is 10.1 Å². The van der Waals surface area contributed by atoms with Crippen LogP contribution in [0, 0.1) is 0 Å². The number of ether oxygens (including phenoxy) is 2. The molecule has 0 bridgehead atoms. The van der Waals surface area contributed by atoms with Gasteiger partial charge in [-0.15, -0.1) is 0 Å². The van der Waals surface area contributed by atoms with E-state index in [1.165, 1.54) is 0 Å². The van der Waals surface area contributed by atoms with Crippen LogP contribution in [0.4, 0.5) is 5.95 Å². The summed E-state index contributed by atoms with van der Waals surface area (Å²) >= 11 is 0. The molecule has 0 spiro atoms. The van der Waals surface area contributed by atoms with Gasteiger partial charge in [-0.2, -0.15) is 0 Å². The third-order valence-electron chi connectivity index (χ3n) is 4.87. The number of benzene rings is 3. The highest BCUT2D eigenvalue weighted by molar-refractivity contribution is 5.92. The highest BCUT2D eigenvalue weighted by Gasteiger charge is 2.13. The lowest BCUT2D eigenvalue weighted by Gasteiger charge is -2.11. The number of amides is 1. The SMILES string of the molecule is CCOCCCn1c(NC(=O)COc2ccc3ccccc3c2)nc2ccccc21. The standard InChI is InChI=1S/C24H25N3O3/c1-2-29-15-7-14-27-22-11-6-5-10-21(22)25-24(27)26-23(28)17-30-20-13-12-18-8-3-4-9-19(18)16-20/h3-6,8-13,16H,2,7,14-15,17H2,1H3,(H,25,26,28). The van der Waals surface area contributed by atoms with Gasteiger partial charge in [0.15, 0.2) is 6.61 Å². The molecule has 1 N–H and O–H groups in total. The predicted octanol–water partition coefficient (Wildman–Crippen LogP) is 4.63. The lowest BCUT2D eigenvalue weighted by molar-refractivity contribution is -0.118. The Bertz CT molecular complexity index is 1150. The van der Waals surface area contributed by atoms with Gasteiger partial charge in [0, 0.05) is 19.8 Å². The lowest BCUT2D eigenvalue weighted by atomic mass is 10.1. The summed E-state index contributed by atoms with van der Waals surface area (Å²) in [5.74, 6) is 0.943. The molecule has 1 aromatic heterocycles. The summed E-state index contributed by atoms with van der Waals surface area (Å²) in [6, 6.07) is 21.7. The minimum absolute atomic E-state index is 0.0828. The first-order chi connectivity index (χ1) is 14.7. The maximum atomic E-state index is 12.5. The maximum Gasteiger partial charge on any atom is 0.264 e. The maximum absolute atomic E-state index is 12.5. The topological polar surface area (TPSA) is 65.4 Å². The Balaban J connectivity index is 1.43. The number of anilines is 1. The minimum atomic E-state index is -0.246. The second kappa shape index (κ2) is 9.41. The Kier molecular flexibility index (Phi) is 6.25. The number of nitrogens with zero attached hydrogens (tertiary/aromatic N) is 2. The summed E-state index contributed by atoms with van der Waals surface area (Å²) in [6.45, 7) is 3.97. The number of hydrogen-bond acceptors (Lipinski definition) is 4. The summed E-state index contributed by atoms with van der Waals surface area (Å²) in [6.07, 6.45) is 0.838. The van der Waals surface area contributed by atoms with Crippen LogP contribution in [0.15, 0.2) is 66.7 Å². The van der Waals surface area contributed by atoms with Gasteiger partial charge in [-0.25, -0.2) is 4.98 Å². The van der Waals surface area contributed by atoms with Crippen molar-refractivity contribution in [1.29, 1.82) is 0 Å². The Morgan fingerprint density at radius 2 is 1.83 bits per heavy atom. The zero-order valence-electron chi connectivity index (χ0n) is 17.0. The van der Waals surface area contributed by atoms with Crippen LogP contribution in [-0.4, -0.2) is 35.3 Å². The van der Waals surface area contributed by atoms with Crippen LogP contribution in [-0.2, 0) is 16.1 Å². The van der Waals surface area contributed by atoms with E-state index in [-0.39, 0.29) is 12.5 Å². The molecule has 4 rings (SSSR count). The molecule has 30 heavy (non-hydrogen) atoms. The number of aryl methyl sites for hydroxylation is 1. The third kappa shape index (κ3) is 4.60. The average Bonchev–Trinajstić information content (AvgIpc) is 3.12. The van der Waals surface area contributed by atoms with E-state index in [4.69, 9.17) is 9.47 Å². The number of carbonyl (C=O) groups excluding carboxylic acids is 1. The number of aromatic nitrogens is 2. The molecule has 1 heterocycles. The van der Waals surface area contributed by atoms with Gasteiger partial charge in [-0.3, -0.25) is 10.1 Å². The number of rotatable bonds is 9. The van der Waals surface area contributed by atoms with E-state index in [9.17, 15) is 4.79 Å². The van der Waals surface area contributed by atoms with Crippen molar-refractivity contribution in [3.63, 3.8) is 0 Å². The fourth-order valence-electron chi connectivity index (χ4n) is 3.43. The van der Waals surface area contributed by atoms with Crippen molar-refractivity contribution in [3.05, 3.63) is 66.7 Å². The van der Waals surface area contributed by atoms with Crippen LogP contribution in [0.25, 0.3) is 21.8 Å². The summed E-state index contributed by atoms with van der Waals surface area (Å²) < 4.78 is 13.2. The van der Waals surface area contributed by atoms with E-state index in [2.05, 4.69) is 10.3 Å². The number of carbonyl (C=O) groups is 1. The lowest BCUT2D eigenvalue weighted by Crippen LogP contribution is -2.22. The Hall–Kier alpha value is -3.38. The zero-order valence-corrected chi connectivity index (χ0v) is 17.0. The van der Waals surface area contributed by atoms with Crippen LogP contribution >= 0.6 is 0 Å². The van der Waals surface area contributed by atoms with E-state index in [1.54, 1.807) is 0 Å². The molecule has 4 aromatic rings. The van der Waals surface area contributed by atoms with Crippen molar-refractivity contribution < 1.29 is 14.3 Å². The van der Waals surface area contributed by atoms with Crippen LogP contribution in [0.2, 0.25) is 0 Å². The monoisotopic (exact) mass is 403 g/mol. The fourth-order valence-corrected chi connectivity index (χ4v) is 3.43. The second-order valence-corrected chi connectivity index (χ2v) is 6.97. The van der Waals surface area contributed by atoms with E-state index >= 15 is 0 Å². The first-order valence-electron chi connectivity index (χ1n) is 10.2. The highest BCUT2D eigenvalue weighted by Crippen LogP contribution is 2.22. The molecule has 0 saturated carbocycles. The number of imidazole rings is 1. The van der Waals surface area contributed by atoms with Crippen molar-refractivity contribution >= 4 is 33.7 Å². The summed E-state index contributed by atoms with van der Waals surface area (Å²) in [5, 5.41) is 5.11. The quantitative estimate of drug-likeness (QED) is 0.414. The number of nitrogens with one attached hydrogen (secondary N) is 1. The first-order valence-corrected chi connectivity index (χ1v) is 10.2. The zero-order chi connectivity index (χ0) is 20.8. The molecule has 0 radical (unpaired) electrons. The summed E-state index contributed by atoms with van der Waals surface area (Å²) in [4.78, 5) is 17.1. The van der Waals surface area contributed by atoms with Gasteiger partial charge in [-0.1, -0.05) is 42.5 Å². The normalized spacial score (nSPS) is 11.1. The smallest absolute Gasteiger partial charge is 0.264 e. The Morgan fingerprint density at radius 1 is 1.03 bits per heavy atom. The van der Waals surface area contributed by atoms with Gasteiger partial charge < -0.3 is 14.0 Å². The van der Waals surface area contributed by atoms with E-state index in [1.807, 2.05) is 78.2 Å². The van der Waals surface area contributed by atoms with Crippen molar-refractivity contribution in [1.82, 2.24) is 9.55 Å². The summed E-state index contributed by atoms with van der Waals surface area (Å²) in [7, 11) is 0. The average molecular weight is 403 g/mol. The third-order valence-corrected chi connectivity index (χ3v) is 4.87. The molecule has 0 aliphatic rings. The van der Waals surface area contributed by atoms with Crippen molar-refractivity contribution in [2.45, 2.75) is 19.9 Å². The minimum Gasteiger partial charge on any atom is -0.484 e. The van der Waals surface area contributed by atoms with Crippen LogP contribution in [0.3, 0.4) is 0 Å². The molecule has 0 saturated heterocycles. The molecule has 1 amide bonds. The molecule has 0 aliphatic heterocycles. The molecule has 0 atom stereocenters. The second-order valence-electron chi connectivity index (χ2n) is 6.97. The van der Waals surface area contributed by atoms with Crippen molar-refractivity contribution in [2.75, 3.05) is 25.1 Å². The fraction of sp³-hybridized carbons (Fsp3) is 0.250. The van der Waals surface area contributed by atoms with Crippen LogP contribution in [0.1, 0.15) is 13.3 Å². The molecule has 3 aromatic carbocycles. The number of para-hydroxylation sites is 2. The molecule has 0 aliphatic carbocycles. The molecule has 154 valence electrons. The van der Waals surface area contributed by atoms with Crippen molar-refractivity contribution in [2.24, 2.45) is 0 Å². The van der Waals surface area contributed by atoms with E-state index in [0.717, 1.165) is 28.2 Å². The van der Waals surface area contributed by atoms with Gasteiger partial charge in [0.05, 0.1) is 11.0 Å². The van der Waals surface area contributed by atoms with E-state index in [0.29, 0.717) is 31.5 Å². The van der Waals surface area contributed by atoms with Gasteiger partial charge in [-0.05, 0) is 48.4 Å². The predicted molar refractivity (Wildman–Crippen MR) is 119 cm³/mol. The molecule has 0 unspecified atom stereocenters. The van der Waals surface area contributed by atoms with E-state index < -0.39 is 0 Å². The van der Waals surface area contributed by atoms with Crippen LogP contribution in [0.5, 0.6) is 5.75 Å². The Morgan fingerprint density at radius 3 is 2.70 bits per heavy atom. The van der Waals surface area contributed by atoms with Gasteiger partial charge >= 0.3 is 0 Å².